The molecule has 0 fully saturated rings. The zero-order valence-electron chi connectivity index (χ0n) is 10.7. The maximum absolute atomic E-state index is 11.0. The van der Waals surface area contributed by atoms with E-state index in [1.807, 2.05) is 0 Å². The molecular formula is C13H23O4. The first kappa shape index (κ1) is 15.9. The molecule has 0 saturated heterocycles. The maximum atomic E-state index is 11.0. The zero-order chi connectivity index (χ0) is 12.9. The summed E-state index contributed by atoms with van der Waals surface area (Å²) in [5, 5.41) is 0. The van der Waals surface area contributed by atoms with Crippen molar-refractivity contribution < 1.29 is 19.1 Å². The van der Waals surface area contributed by atoms with Crippen LogP contribution in [0.4, 0.5) is 0 Å². The van der Waals surface area contributed by atoms with E-state index in [-0.39, 0.29) is 18.5 Å². The van der Waals surface area contributed by atoms with Gasteiger partial charge in [0.2, 0.25) is 0 Å². The molecule has 0 aromatic carbocycles. The van der Waals surface area contributed by atoms with E-state index in [4.69, 9.17) is 4.74 Å². The van der Waals surface area contributed by atoms with Crippen LogP contribution in [-0.4, -0.2) is 25.7 Å². The van der Waals surface area contributed by atoms with Crippen LogP contribution >= 0.6 is 0 Å². The molecule has 0 heterocycles. The molecule has 0 unspecified atom stereocenters. The van der Waals surface area contributed by atoms with Crippen LogP contribution in [0.15, 0.2) is 0 Å². The van der Waals surface area contributed by atoms with Gasteiger partial charge in [0, 0.05) is 12.8 Å². The molecule has 99 valence electrons. The number of unbranched alkanes of at least 4 members (excludes halogenated alkanes) is 5. The van der Waals surface area contributed by atoms with Gasteiger partial charge in [-0.3, -0.25) is 9.59 Å². The van der Waals surface area contributed by atoms with E-state index < -0.39 is 0 Å². The molecule has 0 N–H and O–H groups in total. The highest BCUT2D eigenvalue weighted by molar-refractivity contribution is 5.69. The van der Waals surface area contributed by atoms with Crippen molar-refractivity contribution in [2.45, 2.75) is 51.4 Å². The van der Waals surface area contributed by atoms with Crippen molar-refractivity contribution in [1.29, 1.82) is 0 Å². The third kappa shape index (κ3) is 11.2. The average molecular weight is 243 g/mol. The largest absolute Gasteiger partial charge is 0.469 e. The Kier molecular flexibility index (Phi) is 10.7. The van der Waals surface area contributed by atoms with Crippen molar-refractivity contribution >= 4 is 11.9 Å². The molecule has 0 bridgehead atoms. The van der Waals surface area contributed by atoms with Gasteiger partial charge in [-0.2, -0.15) is 0 Å². The Morgan fingerprint density at radius 3 is 1.82 bits per heavy atom. The van der Waals surface area contributed by atoms with E-state index in [1.54, 1.807) is 0 Å². The van der Waals surface area contributed by atoms with Gasteiger partial charge in [-0.15, -0.1) is 0 Å². The molecule has 4 nitrogen and oxygen atoms in total. The molecule has 0 atom stereocenters. The SMILES string of the molecule is [CH2]COC(=O)CCCCCCCCC(=O)OC. The molecule has 0 amide bonds. The molecule has 0 aliphatic carbocycles. The van der Waals surface area contributed by atoms with Crippen LogP contribution in [0.25, 0.3) is 0 Å². The maximum Gasteiger partial charge on any atom is 0.305 e. The summed E-state index contributed by atoms with van der Waals surface area (Å²) in [6.45, 7) is 3.66. The smallest absolute Gasteiger partial charge is 0.305 e. The summed E-state index contributed by atoms with van der Waals surface area (Å²) in [4.78, 5) is 21.8. The minimum absolute atomic E-state index is 0.138. The highest BCUT2D eigenvalue weighted by atomic mass is 16.5. The summed E-state index contributed by atoms with van der Waals surface area (Å²) in [6, 6.07) is 0. The summed E-state index contributed by atoms with van der Waals surface area (Å²) in [6.07, 6.45) is 7.01. The lowest BCUT2D eigenvalue weighted by Crippen LogP contribution is -2.03. The second kappa shape index (κ2) is 11.4. The van der Waals surface area contributed by atoms with Crippen LogP contribution < -0.4 is 0 Å². The topological polar surface area (TPSA) is 52.6 Å². The first-order valence-electron chi connectivity index (χ1n) is 6.22. The third-order valence-electron chi connectivity index (χ3n) is 2.50. The first-order valence-corrected chi connectivity index (χ1v) is 6.22. The van der Waals surface area contributed by atoms with Gasteiger partial charge in [0.1, 0.15) is 0 Å². The van der Waals surface area contributed by atoms with E-state index in [0.29, 0.717) is 12.8 Å². The Labute approximate surface area is 104 Å². The van der Waals surface area contributed by atoms with E-state index in [2.05, 4.69) is 11.7 Å². The molecule has 0 saturated carbocycles. The number of methoxy groups -OCH3 is 1. The molecule has 0 rings (SSSR count). The van der Waals surface area contributed by atoms with Gasteiger partial charge in [0.15, 0.2) is 0 Å². The zero-order valence-corrected chi connectivity index (χ0v) is 10.7. The molecule has 4 heteroatoms. The van der Waals surface area contributed by atoms with Gasteiger partial charge >= 0.3 is 11.9 Å². The summed E-state index contributed by atoms with van der Waals surface area (Å²) in [5.74, 6) is -0.299. The van der Waals surface area contributed by atoms with Crippen LogP contribution in [0.5, 0.6) is 0 Å². The van der Waals surface area contributed by atoms with Gasteiger partial charge in [-0.05, 0) is 19.8 Å². The van der Waals surface area contributed by atoms with Crippen LogP contribution in [-0.2, 0) is 19.1 Å². The van der Waals surface area contributed by atoms with Crippen LogP contribution in [0.2, 0.25) is 0 Å². The molecule has 1 radical (unpaired) electrons. The molecular weight excluding hydrogens is 220 g/mol. The lowest BCUT2D eigenvalue weighted by molar-refractivity contribution is -0.143. The predicted molar refractivity (Wildman–Crippen MR) is 65.3 cm³/mol. The molecule has 0 aromatic rings. The van der Waals surface area contributed by atoms with Crippen molar-refractivity contribution in [2.24, 2.45) is 0 Å². The van der Waals surface area contributed by atoms with Gasteiger partial charge < -0.3 is 9.47 Å². The van der Waals surface area contributed by atoms with Crippen molar-refractivity contribution in [3.63, 3.8) is 0 Å². The van der Waals surface area contributed by atoms with Gasteiger partial charge in [-0.1, -0.05) is 25.7 Å². The number of ether oxygens (including phenoxy) is 2. The summed E-state index contributed by atoms with van der Waals surface area (Å²) < 4.78 is 9.27. The normalized spacial score (nSPS) is 10.0. The lowest BCUT2D eigenvalue weighted by atomic mass is 10.1. The number of esters is 2. The molecule has 17 heavy (non-hydrogen) atoms. The molecule has 0 aliphatic rings. The van der Waals surface area contributed by atoms with E-state index >= 15 is 0 Å². The minimum atomic E-state index is -0.161. The Morgan fingerprint density at radius 2 is 1.35 bits per heavy atom. The summed E-state index contributed by atoms with van der Waals surface area (Å²) >= 11 is 0. The highest BCUT2D eigenvalue weighted by Gasteiger charge is 2.01. The second-order valence-corrected chi connectivity index (χ2v) is 3.92. The monoisotopic (exact) mass is 243 g/mol. The average Bonchev–Trinajstić information content (AvgIpc) is 2.32. The van der Waals surface area contributed by atoms with Crippen LogP contribution in [0, 0.1) is 6.92 Å². The number of carbonyl (C=O) groups is 2. The Morgan fingerprint density at radius 1 is 0.882 bits per heavy atom. The van der Waals surface area contributed by atoms with Gasteiger partial charge in [-0.25, -0.2) is 0 Å². The number of hydrogen-bond acceptors (Lipinski definition) is 4. The van der Waals surface area contributed by atoms with Gasteiger partial charge in [0.05, 0.1) is 13.7 Å². The van der Waals surface area contributed by atoms with Gasteiger partial charge in [0.25, 0.3) is 0 Å². The van der Waals surface area contributed by atoms with E-state index in [9.17, 15) is 9.59 Å². The fourth-order valence-electron chi connectivity index (χ4n) is 1.53. The predicted octanol–water partition coefficient (Wildman–Crippen LogP) is 2.66. The van der Waals surface area contributed by atoms with Crippen molar-refractivity contribution in [1.82, 2.24) is 0 Å². The number of carbonyl (C=O) groups excluding carboxylic acids is 2. The standard InChI is InChI=1S/C13H23O4/c1-3-17-13(15)11-9-7-5-4-6-8-10-12(14)16-2/h1,3-11H2,2H3. The number of rotatable bonds is 10. The quantitative estimate of drug-likeness (QED) is 0.437. The van der Waals surface area contributed by atoms with Crippen LogP contribution in [0.1, 0.15) is 51.4 Å². The van der Waals surface area contributed by atoms with Crippen molar-refractivity contribution in [3.8, 4) is 0 Å². The highest BCUT2D eigenvalue weighted by Crippen LogP contribution is 2.09. The molecule has 0 spiro atoms. The van der Waals surface area contributed by atoms with Crippen molar-refractivity contribution in [2.75, 3.05) is 13.7 Å². The minimum Gasteiger partial charge on any atom is -0.469 e. The molecule has 0 aromatic heterocycles. The fraction of sp³-hybridized carbons (Fsp3) is 0.769. The Balaban J connectivity index is 3.13. The van der Waals surface area contributed by atoms with E-state index in [0.717, 1.165) is 38.5 Å². The fourth-order valence-corrected chi connectivity index (χ4v) is 1.53. The first-order chi connectivity index (χ1) is 8.20. The molecule has 0 aliphatic heterocycles. The second-order valence-electron chi connectivity index (χ2n) is 3.92. The lowest BCUT2D eigenvalue weighted by Gasteiger charge is -2.02. The van der Waals surface area contributed by atoms with Crippen LogP contribution in [0.3, 0.4) is 0 Å². The third-order valence-corrected chi connectivity index (χ3v) is 2.50. The summed E-state index contributed by atoms with van der Waals surface area (Å²) in [7, 11) is 1.41. The number of hydrogen-bond donors (Lipinski definition) is 0. The summed E-state index contributed by atoms with van der Waals surface area (Å²) in [5.41, 5.74) is 0. The van der Waals surface area contributed by atoms with E-state index in [1.165, 1.54) is 7.11 Å². The Hall–Kier alpha value is -1.06. The van der Waals surface area contributed by atoms with Crippen molar-refractivity contribution in [3.05, 3.63) is 6.92 Å². The Bertz CT molecular complexity index is 213.